The van der Waals surface area contributed by atoms with Gasteiger partial charge in [-0.2, -0.15) is 8.78 Å². The van der Waals surface area contributed by atoms with E-state index in [0.717, 1.165) is 16.4 Å². The molecule has 0 spiro atoms. The van der Waals surface area contributed by atoms with Crippen molar-refractivity contribution in [3.63, 3.8) is 0 Å². The lowest BCUT2D eigenvalue weighted by atomic mass is 10.2. The normalized spacial score (nSPS) is 12.7. The summed E-state index contributed by atoms with van der Waals surface area (Å²) >= 11 is 0. The van der Waals surface area contributed by atoms with E-state index >= 15 is 0 Å². The van der Waals surface area contributed by atoms with E-state index in [4.69, 9.17) is 1.37 Å². The summed E-state index contributed by atoms with van der Waals surface area (Å²) in [7, 11) is 1.27. The van der Waals surface area contributed by atoms with Gasteiger partial charge in [-0.3, -0.25) is 0 Å². The van der Waals surface area contributed by atoms with E-state index in [-0.39, 0.29) is 10.8 Å². The van der Waals surface area contributed by atoms with Crippen molar-refractivity contribution in [2.75, 3.05) is 0 Å². The fraction of sp³-hybridized carbons (Fsp3) is 0.250. The van der Waals surface area contributed by atoms with Crippen LogP contribution in [0.5, 0.6) is 0 Å². The van der Waals surface area contributed by atoms with E-state index in [1.165, 1.54) is 0 Å². The second-order valence-electron chi connectivity index (χ2n) is 2.06. The molecular formula is C8H8F2S2. The molecule has 0 saturated carbocycles. The fourth-order valence-corrected chi connectivity index (χ4v) is 2.05. The first-order valence-corrected chi connectivity index (χ1v) is 5.62. The van der Waals surface area contributed by atoms with Crippen LogP contribution in [0.4, 0.5) is 8.78 Å². The summed E-state index contributed by atoms with van der Waals surface area (Å²) < 4.78 is 30.4. The van der Waals surface area contributed by atoms with E-state index in [1.807, 2.05) is 30.3 Å². The molecule has 0 atom stereocenters. The van der Waals surface area contributed by atoms with Crippen molar-refractivity contribution in [3.8, 4) is 0 Å². The summed E-state index contributed by atoms with van der Waals surface area (Å²) in [5.74, 6) is 0.500. The molecule has 1 aromatic rings. The van der Waals surface area contributed by atoms with Gasteiger partial charge in [0.25, 0.3) is 5.73 Å². The monoisotopic (exact) mass is 207 g/mol. The summed E-state index contributed by atoms with van der Waals surface area (Å²) in [4.78, 5) is 0. The van der Waals surface area contributed by atoms with E-state index in [9.17, 15) is 8.78 Å². The SMILES string of the molecule is [2H]C(F)(F)SSCc1ccccc1. The third-order valence-electron chi connectivity index (χ3n) is 1.19. The summed E-state index contributed by atoms with van der Waals surface area (Å²) in [6, 6.07) is 9.34. The number of rotatable bonds is 4. The molecule has 66 valence electrons. The minimum Gasteiger partial charge on any atom is -0.197 e. The van der Waals surface area contributed by atoms with Crippen LogP contribution in [0.3, 0.4) is 0 Å². The third kappa shape index (κ3) is 3.97. The Kier molecular flexibility index (Phi) is 3.79. The molecule has 0 aliphatic rings. The number of hydrogen-bond donors (Lipinski definition) is 0. The van der Waals surface area contributed by atoms with Gasteiger partial charge in [-0.25, -0.2) is 0 Å². The lowest BCUT2D eigenvalue weighted by molar-refractivity contribution is 0.254. The maximum atomic E-state index is 12.0. The highest BCUT2D eigenvalue weighted by Crippen LogP contribution is 2.31. The Hall–Kier alpha value is -0.220. The summed E-state index contributed by atoms with van der Waals surface area (Å²) in [6.07, 6.45) is 0. The van der Waals surface area contributed by atoms with Crippen molar-refractivity contribution in [3.05, 3.63) is 35.9 Å². The van der Waals surface area contributed by atoms with Gasteiger partial charge in [-0.15, -0.1) is 0 Å². The Morgan fingerprint density at radius 1 is 1.33 bits per heavy atom. The summed E-state index contributed by atoms with van der Waals surface area (Å²) in [6.45, 7) is 0. The van der Waals surface area contributed by atoms with Crippen LogP contribution in [0.15, 0.2) is 30.3 Å². The first-order chi connectivity index (χ1) is 6.08. The maximum Gasteiger partial charge on any atom is 0.294 e. The molecule has 0 N–H and O–H groups in total. The number of alkyl halides is 2. The third-order valence-corrected chi connectivity index (χ3v) is 2.97. The zero-order valence-corrected chi connectivity index (χ0v) is 7.80. The van der Waals surface area contributed by atoms with Gasteiger partial charge in [0.15, 0.2) is 0 Å². The number of hydrogen-bond acceptors (Lipinski definition) is 2. The largest absolute Gasteiger partial charge is 0.294 e. The van der Waals surface area contributed by atoms with E-state index in [1.54, 1.807) is 0 Å². The molecule has 0 aromatic heterocycles. The zero-order chi connectivity index (χ0) is 9.73. The van der Waals surface area contributed by atoms with Crippen molar-refractivity contribution < 1.29 is 10.2 Å². The van der Waals surface area contributed by atoms with Crippen LogP contribution in [0.1, 0.15) is 6.93 Å². The van der Waals surface area contributed by atoms with Gasteiger partial charge in [-0.1, -0.05) is 41.1 Å². The molecule has 0 unspecified atom stereocenters. The second kappa shape index (κ2) is 5.43. The van der Waals surface area contributed by atoms with Crippen molar-refractivity contribution in [1.82, 2.24) is 0 Å². The molecule has 0 amide bonds. The Balaban J connectivity index is 2.29. The van der Waals surface area contributed by atoms with Crippen molar-refractivity contribution in [1.29, 1.82) is 0 Å². The molecule has 0 bridgehead atoms. The molecule has 0 nitrogen and oxygen atoms in total. The number of benzene rings is 1. The molecule has 1 aromatic carbocycles. The standard InChI is InChI=1S/C8H8F2S2/c9-8(10)12-11-6-7-4-2-1-3-5-7/h1-5,8H,6H2/i8D. The summed E-state index contributed by atoms with van der Waals surface area (Å²) in [5.41, 5.74) is -2.40. The Morgan fingerprint density at radius 2 is 2.00 bits per heavy atom. The van der Waals surface area contributed by atoms with Crippen molar-refractivity contribution >= 4 is 21.6 Å². The lowest BCUT2D eigenvalue weighted by Crippen LogP contribution is -1.79. The van der Waals surface area contributed by atoms with E-state index in [0.29, 0.717) is 5.75 Å². The number of halogens is 2. The minimum atomic E-state index is -3.39. The molecule has 0 heterocycles. The van der Waals surface area contributed by atoms with Crippen LogP contribution >= 0.6 is 21.6 Å². The van der Waals surface area contributed by atoms with Gasteiger partial charge < -0.3 is 0 Å². The minimum absolute atomic E-state index is 0.278. The Labute approximate surface area is 79.5 Å². The molecule has 0 aliphatic carbocycles. The Morgan fingerprint density at radius 3 is 2.58 bits per heavy atom. The topological polar surface area (TPSA) is 0 Å². The first kappa shape index (κ1) is 8.38. The van der Waals surface area contributed by atoms with Crippen LogP contribution in [0.25, 0.3) is 0 Å². The molecule has 0 radical (unpaired) electrons. The van der Waals surface area contributed by atoms with Crippen LogP contribution in [0.2, 0.25) is 0 Å². The predicted octanol–water partition coefficient (Wildman–Crippen LogP) is 3.79. The summed E-state index contributed by atoms with van der Waals surface area (Å²) in [5, 5.41) is 0. The predicted molar refractivity (Wildman–Crippen MR) is 51.3 cm³/mol. The quantitative estimate of drug-likeness (QED) is 0.689. The molecule has 1 rings (SSSR count). The van der Waals surface area contributed by atoms with Gasteiger partial charge in [0.05, 0.1) is 0 Å². The van der Waals surface area contributed by atoms with Crippen molar-refractivity contribution in [2.24, 2.45) is 0 Å². The van der Waals surface area contributed by atoms with Gasteiger partial charge in [-0.05, 0) is 16.4 Å². The maximum absolute atomic E-state index is 12.0. The molecule has 4 heteroatoms. The fourth-order valence-electron chi connectivity index (χ4n) is 0.716. The van der Waals surface area contributed by atoms with Gasteiger partial charge in [0.2, 0.25) is 0 Å². The first-order valence-electron chi connectivity index (χ1n) is 3.80. The zero-order valence-electron chi connectivity index (χ0n) is 7.17. The van der Waals surface area contributed by atoms with Crippen LogP contribution in [0, 0.1) is 0 Å². The van der Waals surface area contributed by atoms with Crippen LogP contribution in [-0.4, -0.2) is 5.73 Å². The van der Waals surface area contributed by atoms with E-state index < -0.39 is 5.73 Å². The second-order valence-corrected chi connectivity index (χ2v) is 4.26. The average molecular weight is 207 g/mol. The van der Waals surface area contributed by atoms with E-state index in [2.05, 4.69) is 0 Å². The van der Waals surface area contributed by atoms with Crippen LogP contribution < -0.4 is 0 Å². The molecule has 12 heavy (non-hydrogen) atoms. The lowest BCUT2D eigenvalue weighted by Gasteiger charge is -1.99. The highest BCUT2D eigenvalue weighted by atomic mass is 33.1. The average Bonchev–Trinajstić information content (AvgIpc) is 2.04. The van der Waals surface area contributed by atoms with Gasteiger partial charge in [0.1, 0.15) is 1.37 Å². The highest BCUT2D eigenvalue weighted by Gasteiger charge is 2.02. The molecule has 0 fully saturated rings. The van der Waals surface area contributed by atoms with Crippen LogP contribution in [-0.2, 0) is 5.75 Å². The molecule has 0 saturated heterocycles. The highest BCUT2D eigenvalue weighted by molar-refractivity contribution is 8.76. The smallest absolute Gasteiger partial charge is 0.197 e. The Bertz CT molecular complexity index is 248. The van der Waals surface area contributed by atoms with Gasteiger partial charge in [0, 0.05) is 5.75 Å². The molecule has 0 aliphatic heterocycles. The van der Waals surface area contributed by atoms with Crippen molar-refractivity contribution in [2.45, 2.75) is 11.5 Å². The molecular weight excluding hydrogens is 198 g/mol. The van der Waals surface area contributed by atoms with Gasteiger partial charge >= 0.3 is 0 Å².